The van der Waals surface area contributed by atoms with Gasteiger partial charge in [0, 0.05) is 48.6 Å². The van der Waals surface area contributed by atoms with Crippen molar-refractivity contribution in [1.82, 2.24) is 9.88 Å². The van der Waals surface area contributed by atoms with Gasteiger partial charge in [0.1, 0.15) is 11.5 Å². The molecule has 190 valence electrons. The number of ether oxygens (including phenoxy) is 1. The maximum Gasteiger partial charge on any atom is 0.253 e. The normalized spacial score (nSPS) is 13.5. The van der Waals surface area contributed by atoms with Crippen LogP contribution in [-0.4, -0.2) is 34.7 Å². The van der Waals surface area contributed by atoms with Crippen molar-refractivity contribution in [1.29, 1.82) is 0 Å². The molecule has 5 rings (SSSR count). The molecule has 1 aliphatic heterocycles. The third kappa shape index (κ3) is 5.72. The van der Waals surface area contributed by atoms with E-state index in [2.05, 4.69) is 4.98 Å². The Balaban J connectivity index is 1.34. The summed E-state index contributed by atoms with van der Waals surface area (Å²) in [6.45, 7) is 5.63. The Bertz CT molecular complexity index is 1440. The van der Waals surface area contributed by atoms with Crippen molar-refractivity contribution in [2.45, 2.75) is 39.5 Å². The monoisotopic (exact) mass is 516 g/mol. The molecule has 0 radical (unpaired) electrons. The summed E-state index contributed by atoms with van der Waals surface area (Å²) >= 11 is 1.51. The number of nitrogens with zero attached hydrogens (tertiary/aromatic N) is 2. The zero-order chi connectivity index (χ0) is 25.9. The number of carbonyl (C=O) groups is 2. The minimum absolute atomic E-state index is 0.0788. The molecule has 0 bridgehead atoms. The quantitative estimate of drug-likeness (QED) is 0.247. The number of thiophene rings is 1. The second-order valence-electron chi connectivity index (χ2n) is 9.89. The van der Waals surface area contributed by atoms with Gasteiger partial charge in [-0.2, -0.15) is 0 Å². The van der Waals surface area contributed by atoms with E-state index < -0.39 is 5.82 Å². The average Bonchev–Trinajstić information content (AvgIpc) is 3.56. The van der Waals surface area contributed by atoms with Crippen LogP contribution in [0.2, 0.25) is 0 Å². The van der Waals surface area contributed by atoms with Gasteiger partial charge in [0.2, 0.25) is 0 Å². The number of rotatable bonds is 8. The first-order valence-electron chi connectivity index (χ1n) is 12.6. The molecule has 1 saturated heterocycles. The number of hydrogen-bond donors (Lipinski definition) is 0. The number of amides is 1. The summed E-state index contributed by atoms with van der Waals surface area (Å²) in [5.41, 5.74) is 3.07. The topological polar surface area (TPSA) is 59.5 Å². The fourth-order valence-corrected chi connectivity index (χ4v) is 5.70. The molecule has 0 spiro atoms. The van der Waals surface area contributed by atoms with Gasteiger partial charge in [-0.05, 0) is 60.2 Å². The Morgan fingerprint density at radius 1 is 1.03 bits per heavy atom. The zero-order valence-corrected chi connectivity index (χ0v) is 21.8. The van der Waals surface area contributed by atoms with Gasteiger partial charge >= 0.3 is 0 Å². The predicted molar refractivity (Wildman–Crippen MR) is 145 cm³/mol. The molecule has 3 heterocycles. The van der Waals surface area contributed by atoms with E-state index >= 15 is 0 Å². The molecule has 37 heavy (non-hydrogen) atoms. The highest BCUT2D eigenvalue weighted by atomic mass is 32.1. The van der Waals surface area contributed by atoms with Gasteiger partial charge in [-0.1, -0.05) is 32.0 Å². The maximum absolute atomic E-state index is 14.9. The third-order valence-corrected chi connectivity index (χ3v) is 7.63. The minimum Gasteiger partial charge on any atom is -0.453 e. The summed E-state index contributed by atoms with van der Waals surface area (Å²) in [5, 5.41) is 0. The molecule has 0 unspecified atom stereocenters. The molecule has 0 saturated carbocycles. The van der Waals surface area contributed by atoms with Gasteiger partial charge in [0.15, 0.2) is 11.6 Å². The summed E-state index contributed by atoms with van der Waals surface area (Å²) < 4.78 is 21.6. The molecule has 0 atom stereocenters. The van der Waals surface area contributed by atoms with Gasteiger partial charge in [0.25, 0.3) is 5.91 Å². The second kappa shape index (κ2) is 10.8. The third-order valence-electron chi connectivity index (χ3n) is 6.44. The molecule has 4 aromatic rings. The molecular weight excluding hydrogens is 487 g/mol. The van der Waals surface area contributed by atoms with Crippen LogP contribution >= 0.6 is 11.3 Å². The summed E-state index contributed by atoms with van der Waals surface area (Å²) in [5.74, 6) is 0.570. The summed E-state index contributed by atoms with van der Waals surface area (Å²) in [7, 11) is 0. The van der Waals surface area contributed by atoms with Gasteiger partial charge in [-0.25, -0.2) is 4.39 Å². The van der Waals surface area contributed by atoms with E-state index in [1.54, 1.807) is 24.4 Å². The van der Waals surface area contributed by atoms with Crippen molar-refractivity contribution in [3.63, 3.8) is 0 Å². The van der Waals surface area contributed by atoms with Gasteiger partial charge in [-0.3, -0.25) is 14.6 Å². The van der Waals surface area contributed by atoms with E-state index in [0.717, 1.165) is 46.6 Å². The Kier molecular flexibility index (Phi) is 7.33. The molecule has 2 aromatic carbocycles. The van der Waals surface area contributed by atoms with Crippen molar-refractivity contribution in [3.8, 4) is 21.9 Å². The van der Waals surface area contributed by atoms with Crippen LogP contribution in [0, 0.1) is 11.7 Å². The smallest absolute Gasteiger partial charge is 0.253 e. The number of hydrogen-bond acceptors (Lipinski definition) is 5. The van der Waals surface area contributed by atoms with E-state index in [-0.39, 0.29) is 29.8 Å². The standard InChI is InChI=1S/C30H29FN2O3S/c1-19(2)15-23(34)16-20-5-10-26(24(31)17-20)36-27-11-12-32-25-18-28(37-29(25)27)21-6-8-22(9-7-21)30(35)33-13-3-4-14-33/h5-12,17-19H,3-4,13-16H2,1-2H3. The number of aromatic nitrogens is 1. The summed E-state index contributed by atoms with van der Waals surface area (Å²) in [4.78, 5) is 32.1. The number of fused-ring (bicyclic) bond motifs is 1. The lowest BCUT2D eigenvalue weighted by Crippen LogP contribution is -2.27. The van der Waals surface area contributed by atoms with Crippen LogP contribution in [0.4, 0.5) is 4.39 Å². The molecule has 7 heteroatoms. The first-order chi connectivity index (χ1) is 17.9. The fraction of sp³-hybridized carbons (Fsp3) is 0.300. The number of likely N-dealkylation sites (tertiary alicyclic amines) is 1. The van der Waals surface area contributed by atoms with Crippen LogP contribution in [0.15, 0.2) is 60.8 Å². The Morgan fingerprint density at radius 3 is 2.49 bits per heavy atom. The van der Waals surface area contributed by atoms with Crippen LogP contribution in [-0.2, 0) is 11.2 Å². The molecule has 5 nitrogen and oxygen atoms in total. The van der Waals surface area contributed by atoms with E-state index in [4.69, 9.17) is 4.74 Å². The molecule has 0 aliphatic carbocycles. The lowest BCUT2D eigenvalue weighted by atomic mass is 10.0. The molecule has 1 amide bonds. The van der Waals surface area contributed by atoms with Crippen molar-refractivity contribution in [2.24, 2.45) is 5.92 Å². The predicted octanol–water partition coefficient (Wildman–Crippen LogP) is 7.29. The lowest BCUT2D eigenvalue weighted by Gasteiger charge is -2.15. The second-order valence-corrected chi connectivity index (χ2v) is 10.9. The first kappa shape index (κ1) is 25.1. The van der Waals surface area contributed by atoms with Crippen molar-refractivity contribution in [3.05, 3.63) is 77.7 Å². The van der Waals surface area contributed by atoms with Crippen LogP contribution < -0.4 is 4.74 Å². The largest absolute Gasteiger partial charge is 0.453 e. The van der Waals surface area contributed by atoms with Crippen LogP contribution in [0.1, 0.15) is 49.0 Å². The van der Waals surface area contributed by atoms with Crippen molar-refractivity contribution >= 4 is 33.2 Å². The zero-order valence-electron chi connectivity index (χ0n) is 21.0. The molecular formula is C30H29FN2O3S. The van der Waals surface area contributed by atoms with Gasteiger partial charge in [0.05, 0.1) is 10.2 Å². The molecule has 0 N–H and O–H groups in total. The number of halogens is 1. The number of carbonyl (C=O) groups excluding carboxylic acids is 2. The van der Waals surface area contributed by atoms with E-state index in [0.29, 0.717) is 23.3 Å². The Morgan fingerprint density at radius 2 is 1.78 bits per heavy atom. The lowest BCUT2D eigenvalue weighted by molar-refractivity contribution is -0.119. The highest BCUT2D eigenvalue weighted by molar-refractivity contribution is 7.22. The van der Waals surface area contributed by atoms with Crippen LogP contribution in [0.5, 0.6) is 11.5 Å². The number of Topliss-reactive ketones (excluding diaryl/α,β-unsaturated/α-hetero) is 1. The Hall–Kier alpha value is -3.58. The maximum atomic E-state index is 14.9. The van der Waals surface area contributed by atoms with Crippen LogP contribution in [0.25, 0.3) is 20.7 Å². The highest BCUT2D eigenvalue weighted by Crippen LogP contribution is 2.39. The SMILES string of the molecule is CC(C)CC(=O)Cc1ccc(Oc2ccnc3cc(-c4ccc(C(=O)N5CCCC5)cc4)sc23)c(F)c1. The van der Waals surface area contributed by atoms with Crippen molar-refractivity contribution < 1.29 is 18.7 Å². The first-order valence-corrected chi connectivity index (χ1v) is 13.5. The van der Waals surface area contributed by atoms with Crippen LogP contribution in [0.3, 0.4) is 0 Å². The van der Waals surface area contributed by atoms with Gasteiger partial charge in [-0.15, -0.1) is 11.3 Å². The molecule has 1 aliphatic rings. The summed E-state index contributed by atoms with van der Waals surface area (Å²) in [6, 6.07) is 16.0. The fourth-order valence-electron chi connectivity index (χ4n) is 4.63. The minimum atomic E-state index is -0.505. The number of ketones is 1. The molecule has 1 fully saturated rings. The number of pyridine rings is 1. The van der Waals surface area contributed by atoms with E-state index in [9.17, 15) is 14.0 Å². The Labute approximate surface area is 219 Å². The highest BCUT2D eigenvalue weighted by Gasteiger charge is 2.20. The number of benzene rings is 2. The van der Waals surface area contributed by atoms with E-state index in [1.165, 1.54) is 17.4 Å². The summed E-state index contributed by atoms with van der Waals surface area (Å²) in [6.07, 6.45) is 4.46. The molecule has 2 aromatic heterocycles. The van der Waals surface area contributed by atoms with Gasteiger partial charge < -0.3 is 9.64 Å². The average molecular weight is 517 g/mol. The van der Waals surface area contributed by atoms with E-state index in [1.807, 2.05) is 49.1 Å². The van der Waals surface area contributed by atoms with Crippen molar-refractivity contribution in [2.75, 3.05) is 13.1 Å².